The molecule has 0 atom stereocenters. The molecule has 0 spiro atoms. The first-order valence-corrected chi connectivity index (χ1v) is 5.84. The van der Waals surface area contributed by atoms with Crippen LogP contribution in [0.5, 0.6) is 0 Å². The van der Waals surface area contributed by atoms with Crippen molar-refractivity contribution in [2.75, 3.05) is 0 Å². The normalized spacial score (nSPS) is 10.1. The smallest absolute Gasteiger partial charge is 0.172 e. The summed E-state index contributed by atoms with van der Waals surface area (Å²) in [7, 11) is 0. The van der Waals surface area contributed by atoms with Gasteiger partial charge in [0.25, 0.3) is 6.08 Å². The molecule has 0 saturated heterocycles. The maximum Gasteiger partial charge on any atom is 0.284 e. The molecular weight excluding hydrogens is 286 g/mol. The van der Waals surface area contributed by atoms with Crippen LogP contribution in [0.1, 0.15) is 5.56 Å². The van der Waals surface area contributed by atoms with Gasteiger partial charge >= 0.3 is 0 Å². The van der Waals surface area contributed by atoms with Crippen molar-refractivity contribution in [3.8, 4) is 11.1 Å². The summed E-state index contributed by atoms with van der Waals surface area (Å²) in [5.74, 6) is 0. The van der Waals surface area contributed by atoms with Crippen LogP contribution in [0.25, 0.3) is 15.6 Å². The molecule has 0 saturated carbocycles. The number of halogens is 3. The van der Waals surface area contributed by atoms with Crippen molar-refractivity contribution in [1.29, 1.82) is 0 Å². The van der Waals surface area contributed by atoms with Crippen molar-refractivity contribution in [3.63, 3.8) is 0 Å². The molecule has 2 aromatic rings. The Hall–Kier alpha value is -1.48. The topological polar surface area (TPSA) is 0 Å². The molecule has 0 aliphatic carbocycles. The van der Waals surface area contributed by atoms with E-state index in [1.54, 1.807) is 12.1 Å². The number of rotatable bonds is 2. The number of hydrogen-bond acceptors (Lipinski definition) is 0. The molecule has 0 unspecified atom stereocenters. The zero-order chi connectivity index (χ0) is 12.3. The van der Waals surface area contributed by atoms with Crippen molar-refractivity contribution in [2.45, 2.75) is 0 Å². The van der Waals surface area contributed by atoms with Gasteiger partial charge in [-0.3, -0.25) is 0 Å². The summed E-state index contributed by atoms with van der Waals surface area (Å²) in [5.41, 5.74) is 2.55. The van der Waals surface area contributed by atoms with E-state index in [0.717, 1.165) is 11.1 Å². The van der Waals surface area contributed by atoms with Gasteiger partial charge in [-0.15, -0.1) is 0 Å². The first-order chi connectivity index (χ1) is 8.18. The van der Waals surface area contributed by atoms with Gasteiger partial charge in [-0.1, -0.05) is 54.6 Å². The molecule has 86 valence electrons. The van der Waals surface area contributed by atoms with E-state index in [1.807, 2.05) is 42.5 Å². The fourth-order valence-corrected chi connectivity index (χ4v) is 1.81. The SMILES string of the molecule is FC(F)=C(Br)c1ccc(-c2ccccc2)cc1. The molecular formula is C14H9BrF2. The maximum atomic E-state index is 12.4. The second-order valence-corrected chi connectivity index (χ2v) is 4.31. The van der Waals surface area contributed by atoms with Gasteiger partial charge in [-0.2, -0.15) is 8.78 Å². The lowest BCUT2D eigenvalue weighted by atomic mass is 10.0. The number of hydrogen-bond donors (Lipinski definition) is 0. The van der Waals surface area contributed by atoms with Crippen molar-refractivity contribution in [1.82, 2.24) is 0 Å². The van der Waals surface area contributed by atoms with Crippen LogP contribution in [0.4, 0.5) is 8.78 Å². The van der Waals surface area contributed by atoms with Crippen LogP contribution in [-0.4, -0.2) is 0 Å². The zero-order valence-electron chi connectivity index (χ0n) is 8.83. The van der Waals surface area contributed by atoms with Crippen LogP contribution in [-0.2, 0) is 0 Å². The highest BCUT2D eigenvalue weighted by atomic mass is 79.9. The highest BCUT2D eigenvalue weighted by Gasteiger charge is 2.05. The van der Waals surface area contributed by atoms with Gasteiger partial charge in [0.2, 0.25) is 0 Å². The Balaban J connectivity index is 2.35. The minimum atomic E-state index is -1.71. The second kappa shape index (κ2) is 5.23. The van der Waals surface area contributed by atoms with Crippen LogP contribution in [0, 0.1) is 0 Å². The first kappa shape index (κ1) is 12.0. The van der Waals surface area contributed by atoms with Crippen molar-refractivity contribution in [2.24, 2.45) is 0 Å². The third-order valence-electron chi connectivity index (χ3n) is 2.41. The molecule has 0 heterocycles. The first-order valence-electron chi connectivity index (χ1n) is 5.05. The zero-order valence-corrected chi connectivity index (χ0v) is 10.4. The Bertz CT molecular complexity index is 526. The predicted molar refractivity (Wildman–Crippen MR) is 69.9 cm³/mol. The van der Waals surface area contributed by atoms with E-state index in [0.29, 0.717) is 5.56 Å². The molecule has 2 aromatic carbocycles. The molecule has 0 fully saturated rings. The summed E-state index contributed by atoms with van der Waals surface area (Å²) in [6.45, 7) is 0. The van der Waals surface area contributed by atoms with E-state index in [9.17, 15) is 8.78 Å². The summed E-state index contributed by atoms with van der Waals surface area (Å²) >= 11 is 2.86. The van der Waals surface area contributed by atoms with E-state index < -0.39 is 6.08 Å². The molecule has 0 bridgehead atoms. The Morgan fingerprint density at radius 2 is 1.29 bits per heavy atom. The third-order valence-corrected chi connectivity index (χ3v) is 3.17. The summed E-state index contributed by atoms with van der Waals surface area (Å²) in [6, 6.07) is 16.8. The molecule has 0 N–H and O–H groups in total. The van der Waals surface area contributed by atoms with E-state index in [4.69, 9.17) is 0 Å². The fraction of sp³-hybridized carbons (Fsp3) is 0. The average Bonchev–Trinajstić information content (AvgIpc) is 2.39. The molecule has 0 aliphatic heterocycles. The van der Waals surface area contributed by atoms with Gasteiger partial charge in [-0.25, -0.2) is 0 Å². The average molecular weight is 295 g/mol. The molecule has 0 nitrogen and oxygen atoms in total. The molecule has 0 amide bonds. The highest BCUT2D eigenvalue weighted by Crippen LogP contribution is 2.28. The van der Waals surface area contributed by atoms with E-state index >= 15 is 0 Å². The van der Waals surface area contributed by atoms with Crippen LogP contribution >= 0.6 is 15.9 Å². The Morgan fingerprint density at radius 1 is 0.765 bits per heavy atom. The standard InChI is InChI=1S/C14H9BrF2/c15-13(14(16)17)12-8-6-11(7-9-12)10-4-2-1-3-5-10/h1-9H. The Morgan fingerprint density at radius 3 is 1.82 bits per heavy atom. The monoisotopic (exact) mass is 294 g/mol. The van der Waals surface area contributed by atoms with Crippen LogP contribution in [0.3, 0.4) is 0 Å². The predicted octanol–water partition coefficient (Wildman–Crippen LogP) is 5.31. The molecule has 3 heteroatoms. The van der Waals surface area contributed by atoms with E-state index in [2.05, 4.69) is 15.9 Å². The van der Waals surface area contributed by atoms with Gasteiger partial charge in [0.05, 0.1) is 4.48 Å². The van der Waals surface area contributed by atoms with Crippen LogP contribution in [0.15, 0.2) is 60.7 Å². The largest absolute Gasteiger partial charge is 0.284 e. The van der Waals surface area contributed by atoms with E-state index in [1.165, 1.54) is 0 Å². The van der Waals surface area contributed by atoms with Gasteiger partial charge in [-0.05, 0) is 32.6 Å². The molecule has 2 rings (SSSR count). The lowest BCUT2D eigenvalue weighted by molar-refractivity contribution is 0.428. The Kier molecular flexibility index (Phi) is 3.69. The van der Waals surface area contributed by atoms with Crippen molar-refractivity contribution in [3.05, 3.63) is 66.2 Å². The minimum absolute atomic E-state index is 0.155. The fourth-order valence-electron chi connectivity index (χ4n) is 1.55. The van der Waals surface area contributed by atoms with Gasteiger partial charge in [0.15, 0.2) is 0 Å². The lowest BCUT2D eigenvalue weighted by Gasteiger charge is -2.03. The molecule has 0 aliphatic rings. The second-order valence-electron chi connectivity index (χ2n) is 3.52. The minimum Gasteiger partial charge on any atom is -0.172 e. The van der Waals surface area contributed by atoms with Crippen molar-refractivity contribution >= 4 is 20.4 Å². The summed E-state index contributed by atoms with van der Waals surface area (Å²) in [6.07, 6.45) is -1.71. The van der Waals surface area contributed by atoms with Gasteiger partial charge < -0.3 is 0 Å². The summed E-state index contributed by atoms with van der Waals surface area (Å²) in [5, 5.41) is 0. The highest BCUT2D eigenvalue weighted by molar-refractivity contribution is 9.15. The third kappa shape index (κ3) is 2.80. The number of benzene rings is 2. The van der Waals surface area contributed by atoms with Crippen LogP contribution < -0.4 is 0 Å². The summed E-state index contributed by atoms with van der Waals surface area (Å²) < 4.78 is 24.6. The van der Waals surface area contributed by atoms with Gasteiger partial charge in [0, 0.05) is 0 Å². The maximum absolute atomic E-state index is 12.4. The quantitative estimate of drug-likeness (QED) is 0.704. The Labute approximate surface area is 107 Å². The van der Waals surface area contributed by atoms with Crippen LogP contribution in [0.2, 0.25) is 0 Å². The van der Waals surface area contributed by atoms with Gasteiger partial charge in [0.1, 0.15) is 0 Å². The molecule has 0 radical (unpaired) electrons. The summed E-state index contributed by atoms with van der Waals surface area (Å²) in [4.78, 5) is 0. The molecule has 17 heavy (non-hydrogen) atoms. The van der Waals surface area contributed by atoms with Crippen molar-refractivity contribution < 1.29 is 8.78 Å². The van der Waals surface area contributed by atoms with E-state index in [-0.39, 0.29) is 4.48 Å². The molecule has 0 aromatic heterocycles. The lowest BCUT2D eigenvalue weighted by Crippen LogP contribution is -1.80.